The van der Waals surface area contributed by atoms with Crippen molar-refractivity contribution in [2.24, 2.45) is 5.92 Å². The molecule has 0 saturated carbocycles. The largest absolute Gasteiger partial charge is 0.326 e. The van der Waals surface area contributed by atoms with E-state index in [4.69, 9.17) is 0 Å². The van der Waals surface area contributed by atoms with Crippen LogP contribution >= 0.6 is 23.7 Å². The van der Waals surface area contributed by atoms with Crippen LogP contribution in [0.2, 0.25) is 0 Å². The second kappa shape index (κ2) is 9.29. The lowest BCUT2D eigenvalue weighted by atomic mass is 10.1. The molecule has 0 aliphatic carbocycles. The summed E-state index contributed by atoms with van der Waals surface area (Å²) in [6, 6.07) is 10.7. The Morgan fingerprint density at radius 2 is 1.70 bits per heavy atom. The number of thiophene rings is 1. The van der Waals surface area contributed by atoms with E-state index in [-0.39, 0.29) is 30.1 Å². The maximum Gasteiger partial charge on any atom is 0.265 e. The van der Waals surface area contributed by atoms with Gasteiger partial charge in [0.15, 0.2) is 0 Å². The molecule has 1 unspecified atom stereocenters. The van der Waals surface area contributed by atoms with E-state index in [9.17, 15) is 9.59 Å². The van der Waals surface area contributed by atoms with Crippen LogP contribution in [0.3, 0.4) is 0 Å². The fourth-order valence-corrected chi connectivity index (χ4v) is 2.52. The molecule has 0 saturated heterocycles. The molecule has 2 rings (SSSR count). The van der Waals surface area contributed by atoms with E-state index >= 15 is 0 Å². The van der Waals surface area contributed by atoms with Crippen molar-refractivity contribution in [3.05, 3.63) is 46.7 Å². The maximum absolute atomic E-state index is 11.9. The smallest absolute Gasteiger partial charge is 0.265 e. The number of anilines is 2. The van der Waals surface area contributed by atoms with Crippen LogP contribution in [0.15, 0.2) is 41.8 Å². The van der Waals surface area contributed by atoms with Crippen LogP contribution in [-0.4, -0.2) is 25.4 Å². The minimum atomic E-state index is -0.130. The summed E-state index contributed by atoms with van der Waals surface area (Å²) in [5.41, 5.74) is 1.40. The van der Waals surface area contributed by atoms with E-state index in [0.717, 1.165) is 0 Å². The predicted octanol–water partition coefficient (Wildman–Crippen LogP) is 3.22. The van der Waals surface area contributed by atoms with Gasteiger partial charge in [0.05, 0.1) is 4.88 Å². The SMILES string of the molecule is CNCC(C)C(=O)Nc1ccc(NC(=O)c2cccs2)cc1.Cl. The van der Waals surface area contributed by atoms with Gasteiger partial charge in [-0.1, -0.05) is 13.0 Å². The van der Waals surface area contributed by atoms with Crippen LogP contribution in [0.25, 0.3) is 0 Å². The van der Waals surface area contributed by atoms with E-state index in [1.54, 1.807) is 30.3 Å². The molecular formula is C16H20ClN3O2S. The van der Waals surface area contributed by atoms with Gasteiger partial charge < -0.3 is 16.0 Å². The van der Waals surface area contributed by atoms with Crippen molar-refractivity contribution in [1.82, 2.24) is 5.32 Å². The molecule has 0 spiro atoms. The van der Waals surface area contributed by atoms with E-state index in [2.05, 4.69) is 16.0 Å². The average Bonchev–Trinajstić information content (AvgIpc) is 3.04. The highest BCUT2D eigenvalue weighted by molar-refractivity contribution is 7.12. The summed E-state index contributed by atoms with van der Waals surface area (Å²) >= 11 is 1.39. The number of hydrogen-bond acceptors (Lipinski definition) is 4. The Hall–Kier alpha value is -1.89. The predicted molar refractivity (Wildman–Crippen MR) is 97.7 cm³/mol. The molecule has 2 amide bonds. The number of amides is 2. The van der Waals surface area contributed by atoms with Gasteiger partial charge in [0.25, 0.3) is 5.91 Å². The Morgan fingerprint density at radius 1 is 1.09 bits per heavy atom. The number of hydrogen-bond donors (Lipinski definition) is 3. The Kier molecular flexibility index (Phi) is 7.74. The number of carbonyl (C=O) groups is 2. The van der Waals surface area contributed by atoms with Gasteiger partial charge in [-0.2, -0.15) is 0 Å². The molecule has 0 fully saturated rings. The molecule has 1 aromatic heterocycles. The molecule has 124 valence electrons. The molecule has 1 heterocycles. The zero-order valence-electron chi connectivity index (χ0n) is 13.0. The van der Waals surface area contributed by atoms with Crippen LogP contribution in [0.4, 0.5) is 11.4 Å². The lowest BCUT2D eigenvalue weighted by Crippen LogP contribution is -2.28. The molecule has 0 aliphatic rings. The summed E-state index contributed by atoms with van der Waals surface area (Å²) in [6.07, 6.45) is 0. The van der Waals surface area contributed by atoms with Crippen LogP contribution in [0, 0.1) is 5.92 Å². The first-order valence-electron chi connectivity index (χ1n) is 7.00. The summed E-state index contributed by atoms with van der Waals surface area (Å²) in [5, 5.41) is 10.5. The average molecular weight is 354 g/mol. The summed E-state index contributed by atoms with van der Waals surface area (Å²) in [7, 11) is 1.81. The van der Waals surface area contributed by atoms with Crippen molar-refractivity contribution in [3.63, 3.8) is 0 Å². The van der Waals surface area contributed by atoms with Gasteiger partial charge in [-0.05, 0) is 42.8 Å². The Labute approximate surface area is 145 Å². The monoisotopic (exact) mass is 353 g/mol. The highest BCUT2D eigenvalue weighted by atomic mass is 35.5. The first-order valence-corrected chi connectivity index (χ1v) is 7.88. The van der Waals surface area contributed by atoms with Crippen molar-refractivity contribution < 1.29 is 9.59 Å². The molecule has 0 bridgehead atoms. The van der Waals surface area contributed by atoms with Crippen molar-refractivity contribution >= 4 is 46.9 Å². The fraction of sp³-hybridized carbons (Fsp3) is 0.250. The molecule has 2 aromatic rings. The third kappa shape index (κ3) is 5.67. The van der Waals surface area contributed by atoms with Crippen molar-refractivity contribution in [2.75, 3.05) is 24.2 Å². The second-order valence-electron chi connectivity index (χ2n) is 4.96. The number of rotatable bonds is 6. The summed E-state index contributed by atoms with van der Waals surface area (Å²) in [5.74, 6) is -0.276. The number of nitrogens with one attached hydrogen (secondary N) is 3. The van der Waals surface area contributed by atoms with Crippen LogP contribution < -0.4 is 16.0 Å². The number of halogens is 1. The first-order chi connectivity index (χ1) is 10.6. The molecule has 0 aliphatic heterocycles. The Morgan fingerprint density at radius 3 is 2.22 bits per heavy atom. The molecule has 7 heteroatoms. The van der Waals surface area contributed by atoms with Gasteiger partial charge in [0.1, 0.15) is 0 Å². The zero-order valence-corrected chi connectivity index (χ0v) is 14.6. The quantitative estimate of drug-likeness (QED) is 0.746. The zero-order chi connectivity index (χ0) is 15.9. The van der Waals surface area contributed by atoms with Gasteiger partial charge in [0.2, 0.25) is 5.91 Å². The van der Waals surface area contributed by atoms with E-state index in [1.807, 2.05) is 25.4 Å². The topological polar surface area (TPSA) is 70.2 Å². The van der Waals surface area contributed by atoms with Gasteiger partial charge in [0, 0.05) is 23.8 Å². The van der Waals surface area contributed by atoms with E-state index in [0.29, 0.717) is 22.8 Å². The van der Waals surface area contributed by atoms with E-state index < -0.39 is 0 Å². The minimum Gasteiger partial charge on any atom is -0.326 e. The lowest BCUT2D eigenvalue weighted by Gasteiger charge is -2.12. The molecule has 23 heavy (non-hydrogen) atoms. The van der Waals surface area contributed by atoms with E-state index in [1.165, 1.54) is 11.3 Å². The second-order valence-corrected chi connectivity index (χ2v) is 5.90. The maximum atomic E-state index is 11.9. The fourth-order valence-electron chi connectivity index (χ4n) is 1.90. The Bertz CT molecular complexity index is 629. The molecule has 5 nitrogen and oxygen atoms in total. The minimum absolute atomic E-state index is 0. The van der Waals surface area contributed by atoms with Crippen LogP contribution in [-0.2, 0) is 4.79 Å². The summed E-state index contributed by atoms with van der Waals surface area (Å²) in [4.78, 5) is 24.5. The van der Waals surface area contributed by atoms with Gasteiger partial charge in [-0.3, -0.25) is 9.59 Å². The number of carbonyl (C=O) groups excluding carboxylic acids is 2. The Balaban J connectivity index is 0.00000264. The molecule has 1 aromatic carbocycles. The third-order valence-corrected chi connectivity index (χ3v) is 3.98. The highest BCUT2D eigenvalue weighted by Crippen LogP contribution is 2.16. The molecule has 1 atom stereocenters. The third-order valence-electron chi connectivity index (χ3n) is 3.11. The van der Waals surface area contributed by atoms with Gasteiger partial charge in [-0.25, -0.2) is 0 Å². The summed E-state index contributed by atoms with van der Waals surface area (Å²) in [6.45, 7) is 2.49. The first kappa shape index (κ1) is 19.2. The van der Waals surface area contributed by atoms with Crippen molar-refractivity contribution in [3.8, 4) is 0 Å². The standard InChI is InChI=1S/C16H19N3O2S.ClH/c1-11(10-17-2)15(20)18-12-5-7-13(8-6-12)19-16(21)14-4-3-9-22-14;/h3-9,11,17H,10H2,1-2H3,(H,18,20)(H,19,21);1H. The van der Waals surface area contributed by atoms with Crippen LogP contribution in [0.1, 0.15) is 16.6 Å². The van der Waals surface area contributed by atoms with Gasteiger partial charge in [-0.15, -0.1) is 23.7 Å². The molecule has 3 N–H and O–H groups in total. The normalized spacial score (nSPS) is 11.2. The lowest BCUT2D eigenvalue weighted by molar-refractivity contribution is -0.119. The number of benzene rings is 1. The van der Waals surface area contributed by atoms with Crippen molar-refractivity contribution in [1.29, 1.82) is 0 Å². The molecular weight excluding hydrogens is 334 g/mol. The van der Waals surface area contributed by atoms with Crippen LogP contribution in [0.5, 0.6) is 0 Å². The molecule has 0 radical (unpaired) electrons. The summed E-state index contributed by atoms with van der Waals surface area (Å²) < 4.78 is 0. The van der Waals surface area contributed by atoms with Crippen molar-refractivity contribution in [2.45, 2.75) is 6.92 Å². The van der Waals surface area contributed by atoms with Gasteiger partial charge >= 0.3 is 0 Å². The highest BCUT2D eigenvalue weighted by Gasteiger charge is 2.12.